The topological polar surface area (TPSA) is 20.3 Å². The van der Waals surface area contributed by atoms with E-state index in [-0.39, 0.29) is 5.54 Å². The summed E-state index contributed by atoms with van der Waals surface area (Å²) in [7, 11) is -0.635. The molecule has 0 bridgehead atoms. The maximum Gasteiger partial charge on any atom is 0.0414 e. The average Bonchev–Trinajstić information content (AvgIpc) is 2.01. The molecule has 1 rings (SSSR count). The summed E-state index contributed by atoms with van der Waals surface area (Å²) in [5, 5.41) is 0. The molecule has 0 aromatic heterocycles. The zero-order valence-corrected chi connectivity index (χ0v) is 9.70. The van der Waals surface area contributed by atoms with Crippen molar-refractivity contribution in [2.45, 2.75) is 19.4 Å². The summed E-state index contributed by atoms with van der Waals surface area (Å²) in [6.07, 6.45) is 1.93. The van der Waals surface area contributed by atoms with Crippen LogP contribution in [0.1, 0.15) is 13.8 Å². The molecule has 1 atom stereocenters. The summed E-state index contributed by atoms with van der Waals surface area (Å²) < 4.78 is 11.3. The Labute approximate surface area is 87.4 Å². The summed E-state index contributed by atoms with van der Waals surface area (Å²) in [5.74, 6) is 1.56. The van der Waals surface area contributed by atoms with Crippen LogP contribution < -0.4 is 0 Å². The third-order valence-corrected chi connectivity index (χ3v) is 4.22. The molecule has 0 amide bonds. The summed E-state index contributed by atoms with van der Waals surface area (Å²) in [6, 6.07) is 0. The first-order valence-corrected chi connectivity index (χ1v) is 6.34. The lowest BCUT2D eigenvalue weighted by Crippen LogP contribution is -2.53. The summed E-state index contributed by atoms with van der Waals surface area (Å²) in [6.45, 7) is 6.02. The van der Waals surface area contributed by atoms with Gasteiger partial charge < -0.3 is 0 Å². The molecule has 13 heavy (non-hydrogen) atoms. The second-order valence-corrected chi connectivity index (χ2v) is 5.74. The Morgan fingerprint density at radius 1 is 1.62 bits per heavy atom. The number of hydrogen-bond donors (Lipinski definition) is 0. The maximum absolute atomic E-state index is 11.3. The quantitative estimate of drug-likeness (QED) is 0.706. The van der Waals surface area contributed by atoms with E-state index in [0.29, 0.717) is 0 Å². The number of hydrogen-bond acceptors (Lipinski definition) is 2. The molecule has 1 aliphatic rings. The van der Waals surface area contributed by atoms with E-state index in [1.54, 1.807) is 5.54 Å². The van der Waals surface area contributed by atoms with Gasteiger partial charge in [-0.25, -0.2) is 0 Å². The SMILES string of the molecule is CC1(C)CS(=O)CCN1C/C=C/Cl. The Morgan fingerprint density at radius 3 is 2.85 bits per heavy atom. The maximum atomic E-state index is 11.3. The largest absolute Gasteiger partial charge is 0.293 e. The van der Waals surface area contributed by atoms with E-state index in [4.69, 9.17) is 11.6 Å². The molecule has 1 saturated heterocycles. The van der Waals surface area contributed by atoms with Crippen molar-refractivity contribution in [2.24, 2.45) is 0 Å². The van der Waals surface area contributed by atoms with Gasteiger partial charge in [-0.1, -0.05) is 17.7 Å². The molecule has 0 saturated carbocycles. The number of rotatable bonds is 2. The molecule has 1 fully saturated rings. The van der Waals surface area contributed by atoms with Crippen LogP contribution in [0.2, 0.25) is 0 Å². The molecule has 0 radical (unpaired) electrons. The molecular weight excluding hydrogens is 206 g/mol. The molecule has 4 heteroatoms. The predicted molar refractivity (Wildman–Crippen MR) is 58.5 cm³/mol. The highest BCUT2D eigenvalue weighted by Gasteiger charge is 2.32. The van der Waals surface area contributed by atoms with Gasteiger partial charge in [0.1, 0.15) is 0 Å². The normalized spacial score (nSPS) is 29.6. The van der Waals surface area contributed by atoms with Crippen LogP contribution in [0, 0.1) is 0 Å². The highest BCUT2D eigenvalue weighted by atomic mass is 35.5. The zero-order valence-electron chi connectivity index (χ0n) is 8.12. The minimum absolute atomic E-state index is 0.0412. The van der Waals surface area contributed by atoms with Crippen LogP contribution >= 0.6 is 11.6 Å². The van der Waals surface area contributed by atoms with Crippen molar-refractivity contribution >= 4 is 22.4 Å². The van der Waals surface area contributed by atoms with Gasteiger partial charge >= 0.3 is 0 Å². The van der Waals surface area contributed by atoms with Crippen LogP contribution in [0.5, 0.6) is 0 Å². The lowest BCUT2D eigenvalue weighted by Gasteiger charge is -2.41. The molecule has 0 aromatic rings. The predicted octanol–water partition coefficient (Wildman–Crippen LogP) is 1.58. The van der Waals surface area contributed by atoms with E-state index < -0.39 is 10.8 Å². The first-order chi connectivity index (χ1) is 6.06. The number of nitrogens with zero attached hydrogens (tertiary/aromatic N) is 1. The van der Waals surface area contributed by atoms with Gasteiger partial charge in [0.2, 0.25) is 0 Å². The van der Waals surface area contributed by atoms with E-state index in [1.807, 2.05) is 6.08 Å². The number of halogens is 1. The van der Waals surface area contributed by atoms with Crippen LogP contribution in [0.3, 0.4) is 0 Å². The first-order valence-electron chi connectivity index (χ1n) is 4.41. The van der Waals surface area contributed by atoms with Crippen molar-refractivity contribution in [2.75, 3.05) is 24.6 Å². The van der Waals surface area contributed by atoms with E-state index >= 15 is 0 Å². The molecule has 0 aliphatic carbocycles. The molecule has 2 nitrogen and oxygen atoms in total. The lowest BCUT2D eigenvalue weighted by atomic mass is 10.1. The van der Waals surface area contributed by atoms with Gasteiger partial charge in [0.05, 0.1) is 0 Å². The van der Waals surface area contributed by atoms with Crippen molar-refractivity contribution in [3.63, 3.8) is 0 Å². The standard InChI is InChI=1S/C9H16ClNOS/c1-9(2)8-13(12)7-6-11(9)5-3-4-10/h3-4H,5-8H2,1-2H3/b4-3+. The minimum Gasteiger partial charge on any atom is -0.293 e. The van der Waals surface area contributed by atoms with Crippen LogP contribution in [-0.2, 0) is 10.8 Å². The third-order valence-electron chi connectivity index (χ3n) is 2.37. The molecule has 1 heterocycles. The highest BCUT2D eigenvalue weighted by molar-refractivity contribution is 7.85. The van der Waals surface area contributed by atoms with Crippen molar-refractivity contribution in [3.05, 3.63) is 11.6 Å². The monoisotopic (exact) mass is 221 g/mol. The second-order valence-electron chi connectivity index (χ2n) is 3.91. The van der Waals surface area contributed by atoms with E-state index in [2.05, 4.69) is 18.7 Å². The van der Waals surface area contributed by atoms with Crippen LogP contribution in [0.25, 0.3) is 0 Å². The van der Waals surface area contributed by atoms with Crippen molar-refractivity contribution in [1.29, 1.82) is 0 Å². The molecular formula is C9H16ClNOS. The van der Waals surface area contributed by atoms with Gasteiger partial charge in [-0.3, -0.25) is 9.11 Å². The van der Waals surface area contributed by atoms with E-state index in [9.17, 15) is 4.21 Å². The molecule has 0 aromatic carbocycles. The lowest BCUT2D eigenvalue weighted by molar-refractivity contribution is 0.160. The zero-order chi connectivity index (χ0) is 9.90. The van der Waals surface area contributed by atoms with Crippen molar-refractivity contribution in [3.8, 4) is 0 Å². The summed E-state index contributed by atoms with van der Waals surface area (Å²) in [4.78, 5) is 2.31. The molecule has 0 spiro atoms. The third kappa shape index (κ3) is 3.08. The van der Waals surface area contributed by atoms with Crippen LogP contribution in [-0.4, -0.2) is 39.2 Å². The van der Waals surface area contributed by atoms with Gasteiger partial charge in [-0.05, 0) is 13.8 Å². The Kier molecular flexibility index (Phi) is 3.95. The first kappa shape index (κ1) is 11.2. The fourth-order valence-corrected chi connectivity index (χ4v) is 3.20. The Hall–Kier alpha value is 0.140. The van der Waals surface area contributed by atoms with Gasteiger partial charge in [-0.2, -0.15) is 0 Å². The summed E-state index contributed by atoms with van der Waals surface area (Å²) in [5.41, 5.74) is 1.58. The van der Waals surface area contributed by atoms with Gasteiger partial charge in [0.25, 0.3) is 0 Å². The fraction of sp³-hybridized carbons (Fsp3) is 0.778. The highest BCUT2D eigenvalue weighted by Crippen LogP contribution is 2.20. The molecule has 1 unspecified atom stereocenters. The van der Waals surface area contributed by atoms with Crippen LogP contribution in [0.4, 0.5) is 0 Å². The Balaban J connectivity index is 2.58. The molecule has 1 aliphatic heterocycles. The molecule has 76 valence electrons. The molecule has 0 N–H and O–H groups in total. The smallest absolute Gasteiger partial charge is 0.0414 e. The Bertz CT molecular complexity index is 228. The second kappa shape index (κ2) is 4.58. The van der Waals surface area contributed by atoms with Crippen molar-refractivity contribution < 1.29 is 4.21 Å². The summed E-state index contributed by atoms with van der Waals surface area (Å²) >= 11 is 5.48. The fourth-order valence-electron chi connectivity index (χ4n) is 1.58. The van der Waals surface area contributed by atoms with Gasteiger partial charge in [0.15, 0.2) is 0 Å². The van der Waals surface area contributed by atoms with E-state index in [0.717, 1.165) is 24.6 Å². The van der Waals surface area contributed by atoms with Crippen LogP contribution in [0.15, 0.2) is 11.6 Å². The van der Waals surface area contributed by atoms with Gasteiger partial charge in [0, 0.05) is 46.5 Å². The Morgan fingerprint density at radius 2 is 2.31 bits per heavy atom. The minimum atomic E-state index is -0.635. The van der Waals surface area contributed by atoms with E-state index in [1.165, 1.54) is 0 Å². The van der Waals surface area contributed by atoms with Gasteiger partial charge in [-0.15, -0.1) is 0 Å². The van der Waals surface area contributed by atoms with Crippen molar-refractivity contribution in [1.82, 2.24) is 4.90 Å². The average molecular weight is 222 g/mol.